The normalized spacial score (nSPS) is 20.7. The van der Waals surface area contributed by atoms with E-state index < -0.39 is 0 Å². The summed E-state index contributed by atoms with van der Waals surface area (Å²) in [4.78, 5) is 9.22. The van der Waals surface area contributed by atoms with Gasteiger partial charge >= 0.3 is 0 Å². The van der Waals surface area contributed by atoms with Crippen LogP contribution in [0.3, 0.4) is 0 Å². The molecule has 0 radical (unpaired) electrons. The van der Waals surface area contributed by atoms with Gasteiger partial charge in [0.15, 0.2) is 0 Å². The number of rotatable bonds is 0. The molecule has 1 aromatic rings. The zero-order chi connectivity index (χ0) is 13.1. The Morgan fingerprint density at radius 1 is 1.39 bits per heavy atom. The van der Waals surface area contributed by atoms with Gasteiger partial charge in [0.1, 0.15) is 0 Å². The standard InChI is InChI=1S/C13H15N.C2H5NO/c1-9-10-4-2-3-5-12(10)13-8-14-7-6-11(9)13;1-2(3)4/h2-5,13-14H,6-8H2,1H3;1H3,(H2,3,4). The summed E-state index contributed by atoms with van der Waals surface area (Å²) in [5, 5.41) is 3.48. The van der Waals surface area contributed by atoms with Gasteiger partial charge in [0.05, 0.1) is 0 Å². The van der Waals surface area contributed by atoms with Gasteiger partial charge in [0.2, 0.25) is 5.91 Å². The van der Waals surface area contributed by atoms with Crippen LogP contribution < -0.4 is 11.1 Å². The number of hydrogen-bond donors (Lipinski definition) is 2. The highest BCUT2D eigenvalue weighted by Gasteiger charge is 2.29. The Bertz CT molecular complexity index is 487. The van der Waals surface area contributed by atoms with Crippen molar-refractivity contribution >= 4 is 11.5 Å². The van der Waals surface area contributed by atoms with Crippen molar-refractivity contribution < 1.29 is 4.79 Å². The fourth-order valence-electron chi connectivity index (χ4n) is 2.83. The molecule has 1 heterocycles. The second kappa shape index (κ2) is 5.36. The first kappa shape index (κ1) is 12.8. The minimum Gasteiger partial charge on any atom is -0.370 e. The van der Waals surface area contributed by atoms with Gasteiger partial charge in [-0.1, -0.05) is 29.8 Å². The van der Waals surface area contributed by atoms with E-state index in [0.29, 0.717) is 5.92 Å². The molecule has 1 aromatic carbocycles. The van der Waals surface area contributed by atoms with E-state index in [0.717, 1.165) is 13.1 Å². The van der Waals surface area contributed by atoms with Crippen LogP contribution in [0.5, 0.6) is 0 Å². The van der Waals surface area contributed by atoms with Crippen LogP contribution in [0, 0.1) is 0 Å². The highest BCUT2D eigenvalue weighted by atomic mass is 16.1. The number of primary amides is 1. The van der Waals surface area contributed by atoms with E-state index in [1.807, 2.05) is 0 Å². The monoisotopic (exact) mass is 244 g/mol. The van der Waals surface area contributed by atoms with Gasteiger partial charge in [0, 0.05) is 19.4 Å². The van der Waals surface area contributed by atoms with Gasteiger partial charge in [-0.05, 0) is 36.6 Å². The summed E-state index contributed by atoms with van der Waals surface area (Å²) in [5.41, 5.74) is 10.7. The number of fused-ring (bicyclic) bond motifs is 3. The third-order valence-electron chi connectivity index (χ3n) is 3.56. The second-order valence-electron chi connectivity index (χ2n) is 4.85. The number of benzene rings is 1. The fraction of sp³-hybridized carbons (Fsp3) is 0.400. The van der Waals surface area contributed by atoms with Crippen molar-refractivity contribution in [3.05, 3.63) is 41.0 Å². The first-order valence-electron chi connectivity index (χ1n) is 6.37. The Kier molecular flexibility index (Phi) is 3.82. The third-order valence-corrected chi connectivity index (χ3v) is 3.56. The Balaban J connectivity index is 0.000000267. The van der Waals surface area contributed by atoms with E-state index in [-0.39, 0.29) is 5.91 Å². The van der Waals surface area contributed by atoms with Gasteiger partial charge in [-0.15, -0.1) is 0 Å². The first-order valence-corrected chi connectivity index (χ1v) is 6.37. The quantitative estimate of drug-likeness (QED) is 0.734. The lowest BCUT2D eigenvalue weighted by Gasteiger charge is -2.23. The topological polar surface area (TPSA) is 55.1 Å². The smallest absolute Gasteiger partial charge is 0.214 e. The average Bonchev–Trinajstić information content (AvgIpc) is 2.64. The highest BCUT2D eigenvalue weighted by molar-refractivity contribution is 5.77. The number of hydrogen-bond acceptors (Lipinski definition) is 2. The first-order chi connectivity index (χ1) is 8.61. The summed E-state index contributed by atoms with van der Waals surface area (Å²) in [7, 11) is 0. The highest BCUT2D eigenvalue weighted by Crippen LogP contribution is 2.43. The Labute approximate surface area is 108 Å². The van der Waals surface area contributed by atoms with Crippen molar-refractivity contribution in [1.29, 1.82) is 0 Å². The largest absolute Gasteiger partial charge is 0.370 e. The summed E-state index contributed by atoms with van der Waals surface area (Å²) in [5.74, 6) is 0.333. The van der Waals surface area contributed by atoms with Crippen molar-refractivity contribution in [3.63, 3.8) is 0 Å². The van der Waals surface area contributed by atoms with Gasteiger partial charge in [-0.3, -0.25) is 4.79 Å². The molecule has 0 spiro atoms. The predicted molar refractivity (Wildman–Crippen MR) is 74.1 cm³/mol. The Morgan fingerprint density at radius 3 is 2.78 bits per heavy atom. The van der Waals surface area contributed by atoms with Crippen LogP contribution in [0.2, 0.25) is 0 Å². The van der Waals surface area contributed by atoms with E-state index in [1.165, 1.54) is 30.0 Å². The summed E-state index contributed by atoms with van der Waals surface area (Å²) >= 11 is 0. The van der Waals surface area contributed by atoms with Crippen LogP contribution in [0.15, 0.2) is 29.8 Å². The molecule has 3 nitrogen and oxygen atoms in total. The number of piperidine rings is 1. The van der Waals surface area contributed by atoms with Crippen molar-refractivity contribution in [2.24, 2.45) is 5.73 Å². The van der Waals surface area contributed by atoms with Crippen LogP contribution in [0.1, 0.15) is 37.3 Å². The second-order valence-corrected chi connectivity index (χ2v) is 4.85. The van der Waals surface area contributed by atoms with Crippen LogP contribution in [-0.2, 0) is 4.79 Å². The van der Waals surface area contributed by atoms with Gasteiger partial charge in [0.25, 0.3) is 0 Å². The molecule has 1 aliphatic carbocycles. The number of nitrogens with two attached hydrogens (primary N) is 1. The van der Waals surface area contributed by atoms with Gasteiger partial charge in [-0.25, -0.2) is 0 Å². The summed E-state index contributed by atoms with van der Waals surface area (Å²) in [6, 6.07) is 8.84. The summed E-state index contributed by atoms with van der Waals surface area (Å²) in [6.07, 6.45) is 1.23. The summed E-state index contributed by atoms with van der Waals surface area (Å²) in [6.45, 7) is 5.86. The zero-order valence-corrected chi connectivity index (χ0v) is 11.0. The number of amides is 1. The van der Waals surface area contributed by atoms with Crippen LogP contribution >= 0.6 is 0 Å². The molecule has 1 amide bonds. The van der Waals surface area contributed by atoms with E-state index in [9.17, 15) is 4.79 Å². The van der Waals surface area contributed by atoms with E-state index in [4.69, 9.17) is 0 Å². The number of carbonyl (C=O) groups is 1. The lowest BCUT2D eigenvalue weighted by atomic mass is 9.91. The molecule has 1 saturated heterocycles. The maximum Gasteiger partial charge on any atom is 0.214 e. The molecular weight excluding hydrogens is 224 g/mol. The molecule has 0 bridgehead atoms. The molecule has 1 atom stereocenters. The van der Waals surface area contributed by atoms with Gasteiger partial charge in [-0.2, -0.15) is 0 Å². The number of nitrogens with one attached hydrogen (secondary N) is 1. The van der Waals surface area contributed by atoms with Crippen LogP contribution in [-0.4, -0.2) is 19.0 Å². The third kappa shape index (κ3) is 2.46. The molecule has 1 fully saturated rings. The van der Waals surface area contributed by atoms with Gasteiger partial charge < -0.3 is 11.1 Å². The van der Waals surface area contributed by atoms with E-state index in [2.05, 4.69) is 42.2 Å². The Hall–Kier alpha value is -1.61. The molecule has 3 heteroatoms. The van der Waals surface area contributed by atoms with Crippen molar-refractivity contribution in [2.45, 2.75) is 26.2 Å². The van der Waals surface area contributed by atoms with Crippen LogP contribution in [0.25, 0.3) is 5.57 Å². The SMILES string of the molecule is CC(N)=O.CC1=C2CCNCC2c2ccccc21. The fourth-order valence-corrected chi connectivity index (χ4v) is 2.83. The minimum atomic E-state index is -0.333. The molecule has 0 saturated carbocycles. The van der Waals surface area contributed by atoms with Crippen molar-refractivity contribution in [3.8, 4) is 0 Å². The maximum absolute atomic E-state index is 9.22. The molecule has 0 aromatic heterocycles. The zero-order valence-electron chi connectivity index (χ0n) is 11.0. The molecule has 18 heavy (non-hydrogen) atoms. The molecular formula is C15H20N2O. The molecule has 1 unspecified atom stereocenters. The molecule has 3 rings (SSSR count). The molecule has 1 aliphatic heterocycles. The average molecular weight is 244 g/mol. The summed E-state index contributed by atoms with van der Waals surface area (Å²) < 4.78 is 0. The Morgan fingerprint density at radius 2 is 2.06 bits per heavy atom. The van der Waals surface area contributed by atoms with Crippen molar-refractivity contribution in [1.82, 2.24) is 5.32 Å². The maximum atomic E-state index is 9.22. The predicted octanol–water partition coefficient (Wildman–Crippen LogP) is 2.04. The molecule has 2 aliphatic rings. The lowest BCUT2D eigenvalue weighted by molar-refractivity contribution is -0.115. The molecule has 3 N–H and O–H groups in total. The lowest BCUT2D eigenvalue weighted by Crippen LogP contribution is -2.28. The van der Waals surface area contributed by atoms with Crippen LogP contribution in [0.4, 0.5) is 0 Å². The van der Waals surface area contributed by atoms with Crippen molar-refractivity contribution in [2.75, 3.05) is 13.1 Å². The molecule has 96 valence electrons. The number of carbonyl (C=O) groups excluding carboxylic acids is 1. The van der Waals surface area contributed by atoms with E-state index >= 15 is 0 Å². The minimum absolute atomic E-state index is 0.333. The number of allylic oxidation sites excluding steroid dienone is 1. The van der Waals surface area contributed by atoms with E-state index in [1.54, 1.807) is 5.57 Å².